The van der Waals surface area contributed by atoms with E-state index in [4.69, 9.17) is 0 Å². The van der Waals surface area contributed by atoms with Gasteiger partial charge in [-0.15, -0.1) is 0 Å². The predicted octanol–water partition coefficient (Wildman–Crippen LogP) is 2.55. The number of hydrogen-bond donors (Lipinski definition) is 2. The molecule has 1 aromatic carbocycles. The number of rotatable bonds is 4. The van der Waals surface area contributed by atoms with E-state index >= 15 is 0 Å². The molecule has 3 rings (SSSR count). The zero-order valence-corrected chi connectivity index (χ0v) is 16.3. The van der Waals surface area contributed by atoms with Crippen LogP contribution in [0.3, 0.4) is 0 Å². The number of hydrogen-bond acceptors (Lipinski definition) is 5. The van der Waals surface area contributed by atoms with Crippen molar-refractivity contribution in [2.45, 2.75) is 20.0 Å². The van der Waals surface area contributed by atoms with Crippen LogP contribution in [0, 0.1) is 13.8 Å². The molecule has 2 aromatic heterocycles. The van der Waals surface area contributed by atoms with E-state index in [1.165, 1.54) is 50.5 Å². The minimum Gasteiger partial charge on any atom is -0.283 e. The second kappa shape index (κ2) is 8.38. The SMILES string of the molecule is Cc1nn(-c2cccc(C(F)(F)F)c2)c(C)c1C(=O)C(=O)NNC(=O)c1cccnc1. The number of pyridine rings is 1. The fourth-order valence-electron chi connectivity index (χ4n) is 2.89. The summed E-state index contributed by atoms with van der Waals surface area (Å²) in [6.07, 6.45) is -1.81. The molecule has 0 spiro atoms. The van der Waals surface area contributed by atoms with E-state index in [9.17, 15) is 27.6 Å². The topological polar surface area (TPSA) is 106 Å². The first-order valence-electron chi connectivity index (χ1n) is 8.88. The molecular formula is C20H16F3N5O3. The van der Waals surface area contributed by atoms with Crippen molar-refractivity contribution in [3.63, 3.8) is 0 Å². The number of amides is 2. The molecule has 2 N–H and O–H groups in total. The maximum absolute atomic E-state index is 13.0. The van der Waals surface area contributed by atoms with Crippen LogP contribution in [-0.2, 0) is 11.0 Å². The highest BCUT2D eigenvalue weighted by molar-refractivity contribution is 6.43. The number of halogens is 3. The Bertz CT molecular complexity index is 1160. The molecule has 0 aliphatic rings. The van der Waals surface area contributed by atoms with Crippen LogP contribution in [0.5, 0.6) is 0 Å². The molecular weight excluding hydrogens is 415 g/mol. The maximum atomic E-state index is 13.0. The lowest BCUT2D eigenvalue weighted by Gasteiger charge is -2.10. The maximum Gasteiger partial charge on any atom is 0.416 e. The van der Waals surface area contributed by atoms with Gasteiger partial charge in [0.2, 0.25) is 0 Å². The Hall–Kier alpha value is -4.02. The number of hydrazine groups is 1. The monoisotopic (exact) mass is 431 g/mol. The third-order valence-corrected chi connectivity index (χ3v) is 4.36. The summed E-state index contributed by atoms with van der Waals surface area (Å²) in [4.78, 5) is 40.6. The van der Waals surface area contributed by atoms with Crippen molar-refractivity contribution in [3.8, 4) is 5.69 Å². The van der Waals surface area contributed by atoms with Crippen LogP contribution in [-0.4, -0.2) is 32.4 Å². The van der Waals surface area contributed by atoms with Gasteiger partial charge < -0.3 is 0 Å². The third-order valence-electron chi connectivity index (χ3n) is 4.36. The number of nitrogens with one attached hydrogen (secondary N) is 2. The minimum absolute atomic E-state index is 0.0782. The van der Waals surface area contributed by atoms with Crippen LogP contribution >= 0.6 is 0 Å². The molecule has 0 saturated heterocycles. The number of carbonyl (C=O) groups excluding carboxylic acids is 3. The number of ketones is 1. The zero-order chi connectivity index (χ0) is 22.8. The molecule has 0 aliphatic heterocycles. The van der Waals surface area contributed by atoms with Gasteiger partial charge in [0.15, 0.2) is 0 Å². The van der Waals surface area contributed by atoms with Crippen LogP contribution < -0.4 is 10.9 Å². The first kappa shape index (κ1) is 21.7. The molecule has 0 radical (unpaired) electrons. The van der Waals surface area contributed by atoms with Gasteiger partial charge in [0, 0.05) is 12.4 Å². The average molecular weight is 431 g/mol. The van der Waals surface area contributed by atoms with E-state index in [0.717, 1.165) is 16.8 Å². The summed E-state index contributed by atoms with van der Waals surface area (Å²) >= 11 is 0. The van der Waals surface area contributed by atoms with Crippen LogP contribution in [0.15, 0.2) is 48.8 Å². The van der Waals surface area contributed by atoms with Gasteiger partial charge in [-0.25, -0.2) is 4.68 Å². The van der Waals surface area contributed by atoms with Gasteiger partial charge in [0.05, 0.1) is 33.8 Å². The van der Waals surface area contributed by atoms with Crippen molar-refractivity contribution in [1.82, 2.24) is 25.6 Å². The molecule has 0 bridgehead atoms. The first-order valence-corrected chi connectivity index (χ1v) is 8.88. The number of aryl methyl sites for hydroxylation is 1. The summed E-state index contributed by atoms with van der Waals surface area (Å²) in [7, 11) is 0. The number of nitrogens with zero attached hydrogens (tertiary/aromatic N) is 3. The molecule has 31 heavy (non-hydrogen) atoms. The standard InChI is InChI=1S/C20H16F3N5O3/c1-11-16(17(29)19(31)26-25-18(30)13-5-4-8-24-10-13)12(2)28(27-11)15-7-3-6-14(9-15)20(21,22)23/h3-10H,1-2H3,(H,25,30)(H,26,31). The lowest BCUT2D eigenvalue weighted by atomic mass is 10.1. The van der Waals surface area contributed by atoms with E-state index in [1.54, 1.807) is 0 Å². The van der Waals surface area contributed by atoms with Crippen LogP contribution in [0.2, 0.25) is 0 Å². The molecule has 0 fully saturated rings. The Morgan fingerprint density at radius 2 is 1.77 bits per heavy atom. The first-order chi connectivity index (χ1) is 14.6. The normalized spacial score (nSPS) is 11.1. The summed E-state index contributed by atoms with van der Waals surface area (Å²) in [6.45, 7) is 2.90. The molecule has 11 heteroatoms. The van der Waals surface area contributed by atoms with Crippen molar-refractivity contribution >= 4 is 17.6 Å². The predicted molar refractivity (Wildman–Crippen MR) is 102 cm³/mol. The number of benzene rings is 1. The fraction of sp³-hybridized carbons (Fsp3) is 0.150. The van der Waals surface area contributed by atoms with Crippen molar-refractivity contribution in [2.75, 3.05) is 0 Å². The summed E-state index contributed by atoms with van der Waals surface area (Å²) in [5.74, 6) is -2.81. The van der Waals surface area contributed by atoms with Gasteiger partial charge in [-0.2, -0.15) is 18.3 Å². The largest absolute Gasteiger partial charge is 0.416 e. The van der Waals surface area contributed by atoms with Crippen LogP contribution in [0.1, 0.15) is 37.7 Å². The van der Waals surface area contributed by atoms with E-state index in [2.05, 4.69) is 15.5 Å². The van der Waals surface area contributed by atoms with Gasteiger partial charge in [-0.05, 0) is 44.2 Å². The van der Waals surface area contributed by atoms with Crippen LogP contribution in [0.4, 0.5) is 13.2 Å². The molecule has 160 valence electrons. The average Bonchev–Trinajstić information content (AvgIpc) is 3.05. The number of Topliss-reactive ketones (excluding diaryl/α,β-unsaturated/α-hetero) is 1. The van der Waals surface area contributed by atoms with E-state index in [-0.39, 0.29) is 28.2 Å². The molecule has 3 aromatic rings. The molecule has 0 atom stereocenters. The molecule has 0 unspecified atom stereocenters. The number of alkyl halides is 3. The van der Waals surface area contributed by atoms with Crippen LogP contribution in [0.25, 0.3) is 5.69 Å². The highest BCUT2D eigenvalue weighted by atomic mass is 19.4. The number of aromatic nitrogens is 3. The molecule has 0 saturated carbocycles. The van der Waals surface area contributed by atoms with Gasteiger partial charge >= 0.3 is 12.1 Å². The Labute approximate surface area is 174 Å². The summed E-state index contributed by atoms with van der Waals surface area (Å²) < 4.78 is 40.2. The van der Waals surface area contributed by atoms with Gasteiger partial charge in [0.25, 0.3) is 11.7 Å². The Morgan fingerprint density at radius 3 is 2.42 bits per heavy atom. The summed E-state index contributed by atoms with van der Waals surface area (Å²) in [5, 5.41) is 4.10. The zero-order valence-electron chi connectivity index (χ0n) is 16.3. The van der Waals surface area contributed by atoms with E-state index < -0.39 is 29.3 Å². The van der Waals surface area contributed by atoms with Crippen molar-refractivity contribution in [1.29, 1.82) is 0 Å². The van der Waals surface area contributed by atoms with Crippen molar-refractivity contribution < 1.29 is 27.6 Å². The molecule has 8 nitrogen and oxygen atoms in total. The van der Waals surface area contributed by atoms with Gasteiger partial charge in [-0.3, -0.25) is 30.2 Å². The smallest absolute Gasteiger partial charge is 0.283 e. The summed E-state index contributed by atoms with van der Waals surface area (Å²) in [5.41, 5.74) is 3.73. The lowest BCUT2D eigenvalue weighted by Crippen LogP contribution is -2.45. The lowest BCUT2D eigenvalue weighted by molar-refractivity contribution is -0.137. The Balaban J connectivity index is 1.81. The minimum atomic E-state index is -4.54. The quantitative estimate of drug-likeness (QED) is 0.375. The van der Waals surface area contributed by atoms with Crippen molar-refractivity contribution in [2.24, 2.45) is 0 Å². The second-order valence-corrected chi connectivity index (χ2v) is 6.48. The summed E-state index contributed by atoms with van der Waals surface area (Å²) in [6, 6.07) is 7.41. The highest BCUT2D eigenvalue weighted by Crippen LogP contribution is 2.30. The van der Waals surface area contributed by atoms with E-state index in [1.807, 2.05) is 5.43 Å². The van der Waals surface area contributed by atoms with E-state index in [0.29, 0.717) is 0 Å². The van der Waals surface area contributed by atoms with Gasteiger partial charge in [0.1, 0.15) is 0 Å². The van der Waals surface area contributed by atoms with Gasteiger partial charge in [-0.1, -0.05) is 6.07 Å². The molecule has 2 amide bonds. The third kappa shape index (κ3) is 4.60. The van der Waals surface area contributed by atoms with Crippen molar-refractivity contribution in [3.05, 3.63) is 76.9 Å². The fourth-order valence-corrected chi connectivity index (χ4v) is 2.89. The Kier molecular flexibility index (Phi) is 5.86. The Morgan fingerprint density at radius 1 is 1.03 bits per heavy atom. The molecule has 2 heterocycles. The molecule has 0 aliphatic carbocycles. The number of carbonyl (C=O) groups is 3. The second-order valence-electron chi connectivity index (χ2n) is 6.48. The highest BCUT2D eigenvalue weighted by Gasteiger charge is 2.31.